The van der Waals surface area contributed by atoms with E-state index in [0.29, 0.717) is 13.2 Å². The molecule has 1 amide bonds. The Morgan fingerprint density at radius 3 is 2.64 bits per heavy atom. The number of rotatable bonds is 5. The maximum Gasteiger partial charge on any atom is 0.226 e. The molecule has 25 heavy (non-hydrogen) atoms. The third-order valence-electron chi connectivity index (χ3n) is 4.79. The second-order valence-corrected chi connectivity index (χ2v) is 6.71. The van der Waals surface area contributed by atoms with Gasteiger partial charge in [0, 0.05) is 19.2 Å². The fourth-order valence-corrected chi connectivity index (χ4v) is 3.29. The molecule has 3 atom stereocenters. The third-order valence-corrected chi connectivity index (χ3v) is 4.79. The van der Waals surface area contributed by atoms with Crippen molar-refractivity contribution in [3.05, 3.63) is 71.3 Å². The first-order valence-electron chi connectivity index (χ1n) is 8.91. The minimum atomic E-state index is -0.201. The van der Waals surface area contributed by atoms with Gasteiger partial charge in [-0.05, 0) is 30.9 Å². The van der Waals surface area contributed by atoms with Crippen LogP contribution < -0.4 is 11.1 Å². The lowest BCUT2D eigenvalue weighted by Crippen LogP contribution is -2.40. The maximum absolute atomic E-state index is 12.7. The molecule has 3 N–H and O–H groups in total. The van der Waals surface area contributed by atoms with E-state index in [2.05, 4.69) is 36.5 Å². The summed E-state index contributed by atoms with van der Waals surface area (Å²) in [5.41, 5.74) is 9.49. The Hall–Kier alpha value is -2.17. The van der Waals surface area contributed by atoms with E-state index in [4.69, 9.17) is 10.5 Å². The van der Waals surface area contributed by atoms with E-state index >= 15 is 0 Å². The molecular formula is C21H26N2O2. The number of benzene rings is 2. The number of hydrogen-bond donors (Lipinski definition) is 2. The fraction of sp³-hybridized carbons (Fsp3) is 0.381. The standard InChI is InChI=1S/C21H26N2O2/c1-15-9-11-17(12-10-15)20-18(8-5-13-25-20)21(24)23-14-19(22)16-6-3-2-4-7-16/h2-4,6-7,9-12,18-20H,5,8,13-14,22H2,1H3,(H,23,24). The van der Waals surface area contributed by atoms with E-state index in [0.717, 1.165) is 24.0 Å². The molecule has 3 rings (SSSR count). The van der Waals surface area contributed by atoms with Crippen molar-refractivity contribution in [2.24, 2.45) is 11.7 Å². The minimum Gasteiger partial charge on any atom is -0.373 e. The second-order valence-electron chi connectivity index (χ2n) is 6.71. The summed E-state index contributed by atoms with van der Waals surface area (Å²) in [5, 5.41) is 3.02. The van der Waals surface area contributed by atoms with E-state index in [1.807, 2.05) is 30.3 Å². The molecule has 2 aromatic carbocycles. The first kappa shape index (κ1) is 17.6. The summed E-state index contributed by atoms with van der Waals surface area (Å²) in [5.74, 6) is -0.143. The van der Waals surface area contributed by atoms with Gasteiger partial charge in [0.05, 0.1) is 12.0 Å². The predicted molar refractivity (Wildman–Crippen MR) is 99.0 cm³/mol. The van der Waals surface area contributed by atoms with Crippen molar-refractivity contribution < 1.29 is 9.53 Å². The zero-order valence-electron chi connectivity index (χ0n) is 14.7. The number of nitrogens with one attached hydrogen (secondary N) is 1. The highest BCUT2D eigenvalue weighted by Gasteiger charge is 2.33. The van der Waals surface area contributed by atoms with E-state index in [-0.39, 0.29) is 24.0 Å². The molecule has 1 fully saturated rings. The maximum atomic E-state index is 12.7. The van der Waals surface area contributed by atoms with E-state index in [1.54, 1.807) is 0 Å². The van der Waals surface area contributed by atoms with Gasteiger partial charge in [0.15, 0.2) is 0 Å². The number of hydrogen-bond acceptors (Lipinski definition) is 3. The lowest BCUT2D eigenvalue weighted by Gasteiger charge is -2.31. The van der Waals surface area contributed by atoms with Crippen LogP contribution in [0.5, 0.6) is 0 Å². The number of ether oxygens (including phenoxy) is 1. The van der Waals surface area contributed by atoms with Crippen LogP contribution in [0.4, 0.5) is 0 Å². The molecule has 0 aliphatic carbocycles. The first-order valence-corrected chi connectivity index (χ1v) is 8.91. The number of nitrogens with two attached hydrogens (primary N) is 1. The molecule has 2 aromatic rings. The highest BCUT2D eigenvalue weighted by atomic mass is 16.5. The summed E-state index contributed by atoms with van der Waals surface area (Å²) < 4.78 is 5.94. The lowest BCUT2D eigenvalue weighted by molar-refractivity contribution is -0.134. The molecule has 0 spiro atoms. The zero-order valence-corrected chi connectivity index (χ0v) is 14.7. The van der Waals surface area contributed by atoms with Crippen LogP contribution in [0.2, 0.25) is 0 Å². The van der Waals surface area contributed by atoms with Crippen LogP contribution in [0.15, 0.2) is 54.6 Å². The Bertz CT molecular complexity index is 685. The van der Waals surface area contributed by atoms with E-state index in [9.17, 15) is 4.79 Å². The quantitative estimate of drug-likeness (QED) is 0.879. The van der Waals surface area contributed by atoms with Crippen LogP contribution in [0, 0.1) is 12.8 Å². The highest BCUT2D eigenvalue weighted by Crippen LogP contribution is 2.34. The second kappa shape index (κ2) is 8.28. The molecule has 1 saturated heterocycles. The van der Waals surface area contributed by atoms with Crippen molar-refractivity contribution >= 4 is 5.91 Å². The van der Waals surface area contributed by atoms with Gasteiger partial charge in [-0.15, -0.1) is 0 Å². The first-order chi connectivity index (χ1) is 12.1. The molecule has 4 heteroatoms. The molecule has 1 aliphatic rings. The average Bonchev–Trinajstić information content (AvgIpc) is 2.67. The van der Waals surface area contributed by atoms with Gasteiger partial charge < -0.3 is 15.8 Å². The summed E-state index contributed by atoms with van der Waals surface area (Å²) in [4.78, 5) is 12.7. The molecule has 0 saturated carbocycles. The number of aryl methyl sites for hydroxylation is 1. The normalized spacial score (nSPS) is 21.5. The monoisotopic (exact) mass is 338 g/mol. The molecule has 1 heterocycles. The smallest absolute Gasteiger partial charge is 0.226 e. The van der Waals surface area contributed by atoms with Crippen molar-refractivity contribution in [1.29, 1.82) is 0 Å². The van der Waals surface area contributed by atoms with Crippen molar-refractivity contribution in [3.63, 3.8) is 0 Å². The van der Waals surface area contributed by atoms with Gasteiger partial charge in [-0.25, -0.2) is 0 Å². The Morgan fingerprint density at radius 1 is 1.20 bits per heavy atom. The molecule has 3 unspecified atom stereocenters. The number of carbonyl (C=O) groups is 1. The van der Waals surface area contributed by atoms with Gasteiger partial charge in [-0.1, -0.05) is 60.2 Å². The van der Waals surface area contributed by atoms with Gasteiger partial charge in [-0.3, -0.25) is 4.79 Å². The average molecular weight is 338 g/mol. The largest absolute Gasteiger partial charge is 0.373 e. The van der Waals surface area contributed by atoms with Crippen LogP contribution in [-0.2, 0) is 9.53 Å². The SMILES string of the molecule is Cc1ccc(C2OCCCC2C(=O)NCC(N)c2ccccc2)cc1. The summed E-state index contributed by atoms with van der Waals surface area (Å²) in [7, 11) is 0. The molecule has 4 nitrogen and oxygen atoms in total. The summed E-state index contributed by atoms with van der Waals surface area (Å²) >= 11 is 0. The van der Waals surface area contributed by atoms with Crippen LogP contribution in [0.3, 0.4) is 0 Å². The Balaban J connectivity index is 1.63. The lowest BCUT2D eigenvalue weighted by atomic mass is 9.88. The summed E-state index contributed by atoms with van der Waals surface area (Å²) in [6.07, 6.45) is 1.57. The van der Waals surface area contributed by atoms with Crippen molar-refractivity contribution in [3.8, 4) is 0 Å². The van der Waals surface area contributed by atoms with E-state index in [1.165, 1.54) is 5.56 Å². The Kier molecular flexibility index (Phi) is 5.84. The Morgan fingerprint density at radius 2 is 1.92 bits per heavy atom. The highest BCUT2D eigenvalue weighted by molar-refractivity contribution is 5.79. The third kappa shape index (κ3) is 4.47. The number of carbonyl (C=O) groups excluding carboxylic acids is 1. The van der Waals surface area contributed by atoms with Gasteiger partial charge in [0.2, 0.25) is 5.91 Å². The molecule has 132 valence electrons. The molecular weight excluding hydrogens is 312 g/mol. The van der Waals surface area contributed by atoms with Crippen molar-refractivity contribution in [2.75, 3.05) is 13.2 Å². The van der Waals surface area contributed by atoms with Crippen molar-refractivity contribution in [2.45, 2.75) is 31.9 Å². The molecule has 0 radical (unpaired) electrons. The predicted octanol–water partition coefficient (Wildman–Crippen LogP) is 3.28. The van der Waals surface area contributed by atoms with E-state index < -0.39 is 0 Å². The molecule has 0 bridgehead atoms. The summed E-state index contributed by atoms with van der Waals surface area (Å²) in [6, 6.07) is 17.9. The topological polar surface area (TPSA) is 64.3 Å². The molecule has 1 aliphatic heterocycles. The summed E-state index contributed by atoms with van der Waals surface area (Å²) in [6.45, 7) is 3.19. The van der Waals surface area contributed by atoms with Crippen molar-refractivity contribution in [1.82, 2.24) is 5.32 Å². The van der Waals surface area contributed by atoms with Crippen LogP contribution in [0.1, 0.15) is 41.7 Å². The van der Waals surface area contributed by atoms with Crippen LogP contribution >= 0.6 is 0 Å². The van der Waals surface area contributed by atoms with Crippen LogP contribution in [-0.4, -0.2) is 19.1 Å². The van der Waals surface area contributed by atoms with Crippen LogP contribution in [0.25, 0.3) is 0 Å². The minimum absolute atomic E-state index is 0.0247. The van der Waals surface area contributed by atoms with Gasteiger partial charge in [0.25, 0.3) is 0 Å². The Labute approximate surface area is 149 Å². The fourth-order valence-electron chi connectivity index (χ4n) is 3.29. The number of amides is 1. The zero-order chi connectivity index (χ0) is 17.6. The van der Waals surface area contributed by atoms with Gasteiger partial charge in [-0.2, -0.15) is 0 Å². The van der Waals surface area contributed by atoms with Gasteiger partial charge in [0.1, 0.15) is 0 Å². The molecule has 0 aromatic heterocycles. The van der Waals surface area contributed by atoms with Gasteiger partial charge >= 0.3 is 0 Å².